The fourth-order valence-corrected chi connectivity index (χ4v) is 3.78. The van der Waals surface area contributed by atoms with Crippen LogP contribution in [0.3, 0.4) is 0 Å². The van der Waals surface area contributed by atoms with Gasteiger partial charge < -0.3 is 14.1 Å². The summed E-state index contributed by atoms with van der Waals surface area (Å²) in [5, 5.41) is 3.07. The van der Waals surface area contributed by atoms with Crippen LogP contribution in [0.1, 0.15) is 29.0 Å². The van der Waals surface area contributed by atoms with Gasteiger partial charge in [0.15, 0.2) is 5.76 Å². The highest BCUT2D eigenvalue weighted by atomic mass is 16.5. The van der Waals surface area contributed by atoms with Gasteiger partial charge in [-0.05, 0) is 25.2 Å². The Morgan fingerprint density at radius 3 is 2.54 bits per heavy atom. The van der Waals surface area contributed by atoms with Crippen molar-refractivity contribution in [2.45, 2.75) is 19.8 Å². The van der Waals surface area contributed by atoms with E-state index in [2.05, 4.69) is 6.07 Å². The van der Waals surface area contributed by atoms with Gasteiger partial charge in [0.1, 0.15) is 5.58 Å². The lowest BCUT2D eigenvalue weighted by molar-refractivity contribution is -0.146. The van der Waals surface area contributed by atoms with E-state index in [1.807, 2.05) is 37.3 Å². The number of fused-ring (bicyclic) bond motifs is 3. The summed E-state index contributed by atoms with van der Waals surface area (Å²) >= 11 is 0. The highest BCUT2D eigenvalue weighted by molar-refractivity contribution is 6.08. The largest absolute Gasteiger partial charge is 0.469 e. The molecule has 134 valence electrons. The lowest BCUT2D eigenvalue weighted by Crippen LogP contribution is -2.40. The van der Waals surface area contributed by atoms with E-state index in [0.717, 1.165) is 27.3 Å². The van der Waals surface area contributed by atoms with Gasteiger partial charge in [0, 0.05) is 29.4 Å². The number of benzene rings is 2. The Hall–Kier alpha value is -2.82. The highest BCUT2D eigenvalue weighted by Gasteiger charge is 2.30. The van der Waals surface area contributed by atoms with Crippen LogP contribution in [0.2, 0.25) is 0 Å². The number of hydrogen-bond donors (Lipinski definition) is 0. The molecule has 0 spiro atoms. The van der Waals surface area contributed by atoms with Gasteiger partial charge in [0.2, 0.25) is 0 Å². The Morgan fingerprint density at radius 1 is 1.08 bits per heavy atom. The maximum atomic E-state index is 13.0. The van der Waals surface area contributed by atoms with Gasteiger partial charge in [0.05, 0.1) is 13.0 Å². The molecule has 26 heavy (non-hydrogen) atoms. The van der Waals surface area contributed by atoms with E-state index in [1.54, 1.807) is 4.90 Å². The van der Waals surface area contributed by atoms with Crippen LogP contribution in [0.4, 0.5) is 0 Å². The normalized spacial score (nSPS) is 15.5. The van der Waals surface area contributed by atoms with E-state index in [4.69, 9.17) is 9.15 Å². The van der Waals surface area contributed by atoms with Crippen molar-refractivity contribution in [3.05, 3.63) is 47.7 Å². The molecule has 0 aliphatic carbocycles. The summed E-state index contributed by atoms with van der Waals surface area (Å²) in [5.74, 6) is -0.0211. The number of aryl methyl sites for hydroxylation is 1. The number of nitrogens with zero attached hydrogens (tertiary/aromatic N) is 1. The molecule has 0 saturated carbocycles. The van der Waals surface area contributed by atoms with Crippen LogP contribution in [0, 0.1) is 12.8 Å². The van der Waals surface area contributed by atoms with Crippen LogP contribution in [0.5, 0.6) is 0 Å². The average molecular weight is 351 g/mol. The third kappa shape index (κ3) is 2.64. The van der Waals surface area contributed by atoms with Crippen LogP contribution in [-0.4, -0.2) is 37.0 Å². The number of esters is 1. The molecular formula is C21H21NO4. The first-order chi connectivity index (χ1) is 12.6. The Balaban J connectivity index is 1.65. The summed E-state index contributed by atoms with van der Waals surface area (Å²) in [4.78, 5) is 26.4. The zero-order valence-electron chi connectivity index (χ0n) is 15.0. The number of ether oxygens (including phenoxy) is 1. The number of hydrogen-bond acceptors (Lipinski definition) is 4. The molecule has 0 radical (unpaired) electrons. The van der Waals surface area contributed by atoms with Gasteiger partial charge in [-0.2, -0.15) is 0 Å². The second-order valence-corrected chi connectivity index (χ2v) is 6.81. The number of amides is 1. The van der Waals surface area contributed by atoms with Crippen LogP contribution in [0.15, 0.2) is 40.8 Å². The molecule has 2 aromatic carbocycles. The quantitative estimate of drug-likeness (QED) is 0.657. The van der Waals surface area contributed by atoms with Gasteiger partial charge >= 0.3 is 5.97 Å². The summed E-state index contributed by atoms with van der Waals surface area (Å²) < 4.78 is 10.8. The topological polar surface area (TPSA) is 59.8 Å². The van der Waals surface area contributed by atoms with E-state index in [9.17, 15) is 9.59 Å². The van der Waals surface area contributed by atoms with Crippen molar-refractivity contribution in [3.63, 3.8) is 0 Å². The zero-order chi connectivity index (χ0) is 18.3. The summed E-state index contributed by atoms with van der Waals surface area (Å²) in [6, 6.07) is 12.1. The molecule has 1 saturated heterocycles. The van der Waals surface area contributed by atoms with Crippen LogP contribution in [-0.2, 0) is 9.53 Å². The van der Waals surface area contributed by atoms with E-state index in [1.165, 1.54) is 7.11 Å². The molecule has 1 amide bonds. The predicted octanol–water partition coefficient (Wildman–Crippen LogP) is 3.92. The predicted molar refractivity (Wildman–Crippen MR) is 99.1 cm³/mol. The first-order valence-corrected chi connectivity index (χ1v) is 8.88. The van der Waals surface area contributed by atoms with Gasteiger partial charge in [-0.15, -0.1) is 0 Å². The van der Waals surface area contributed by atoms with Gasteiger partial charge in [0.25, 0.3) is 5.91 Å². The molecule has 0 unspecified atom stereocenters. The smallest absolute Gasteiger partial charge is 0.308 e. The minimum absolute atomic E-state index is 0.105. The fourth-order valence-electron chi connectivity index (χ4n) is 3.78. The first kappa shape index (κ1) is 16.6. The molecule has 1 aromatic heterocycles. The lowest BCUT2D eigenvalue weighted by atomic mass is 9.96. The third-order valence-corrected chi connectivity index (χ3v) is 5.34. The van der Waals surface area contributed by atoms with E-state index >= 15 is 0 Å². The van der Waals surface area contributed by atoms with Crippen LogP contribution in [0.25, 0.3) is 21.7 Å². The summed E-state index contributed by atoms with van der Waals surface area (Å²) in [6.45, 7) is 3.00. The molecular weight excluding hydrogens is 330 g/mol. The first-order valence-electron chi connectivity index (χ1n) is 8.88. The van der Waals surface area contributed by atoms with Crippen molar-refractivity contribution in [1.29, 1.82) is 0 Å². The maximum Gasteiger partial charge on any atom is 0.308 e. The molecule has 1 aliphatic heterocycles. The summed E-state index contributed by atoms with van der Waals surface area (Å²) in [5.41, 5.74) is 1.62. The minimum atomic E-state index is -0.191. The van der Waals surface area contributed by atoms with Crippen molar-refractivity contribution in [1.82, 2.24) is 4.90 Å². The standard InChI is InChI=1S/C21H21NO4/c1-13-16-8-7-14-5-3-4-6-17(14)19(16)26-18(13)20(23)22-11-9-15(10-12-22)21(24)25-2/h3-8,15H,9-12H2,1-2H3. The average Bonchev–Trinajstić information content (AvgIpc) is 3.04. The van der Waals surface area contributed by atoms with Crippen molar-refractivity contribution in [2.24, 2.45) is 5.92 Å². The van der Waals surface area contributed by atoms with E-state index < -0.39 is 0 Å². The van der Waals surface area contributed by atoms with Crippen LogP contribution < -0.4 is 0 Å². The fraction of sp³-hybridized carbons (Fsp3) is 0.333. The zero-order valence-corrected chi connectivity index (χ0v) is 15.0. The number of carbonyl (C=O) groups excluding carboxylic acids is 2. The molecule has 0 N–H and O–H groups in total. The number of piperidine rings is 1. The Bertz CT molecular complexity index is 996. The number of carbonyl (C=O) groups is 2. The Kier molecular flexibility index (Phi) is 4.15. The van der Waals surface area contributed by atoms with Crippen molar-refractivity contribution in [3.8, 4) is 0 Å². The monoisotopic (exact) mass is 351 g/mol. The lowest BCUT2D eigenvalue weighted by Gasteiger charge is -2.30. The molecule has 0 atom stereocenters. The van der Waals surface area contributed by atoms with Crippen molar-refractivity contribution < 1.29 is 18.7 Å². The van der Waals surface area contributed by atoms with Crippen molar-refractivity contribution in [2.75, 3.05) is 20.2 Å². The molecule has 1 aliphatic rings. The van der Waals surface area contributed by atoms with Gasteiger partial charge in [-0.25, -0.2) is 0 Å². The highest BCUT2D eigenvalue weighted by Crippen LogP contribution is 2.33. The minimum Gasteiger partial charge on any atom is -0.469 e. The Labute approximate surface area is 151 Å². The summed E-state index contributed by atoms with van der Waals surface area (Å²) in [7, 11) is 1.40. The SMILES string of the molecule is COC(=O)C1CCN(C(=O)c2oc3c(ccc4ccccc43)c2C)CC1. The van der Waals surface area contributed by atoms with E-state index in [-0.39, 0.29) is 17.8 Å². The molecule has 2 heterocycles. The van der Waals surface area contributed by atoms with Crippen molar-refractivity contribution >= 4 is 33.6 Å². The van der Waals surface area contributed by atoms with Gasteiger partial charge in [-0.1, -0.05) is 36.4 Å². The molecule has 0 bridgehead atoms. The van der Waals surface area contributed by atoms with Crippen LogP contribution >= 0.6 is 0 Å². The molecule has 3 aromatic rings. The maximum absolute atomic E-state index is 13.0. The summed E-state index contributed by atoms with van der Waals surface area (Å²) in [6.07, 6.45) is 1.25. The number of methoxy groups -OCH3 is 1. The Morgan fingerprint density at radius 2 is 1.81 bits per heavy atom. The number of furan rings is 1. The molecule has 4 rings (SSSR count). The number of rotatable bonds is 2. The van der Waals surface area contributed by atoms with Gasteiger partial charge in [-0.3, -0.25) is 9.59 Å². The second-order valence-electron chi connectivity index (χ2n) is 6.81. The third-order valence-electron chi connectivity index (χ3n) is 5.34. The molecule has 5 heteroatoms. The molecule has 5 nitrogen and oxygen atoms in total. The van der Waals surface area contributed by atoms with E-state index in [0.29, 0.717) is 31.7 Å². The molecule has 1 fully saturated rings. The second kappa shape index (κ2) is 6.48. The number of likely N-dealkylation sites (tertiary alicyclic amines) is 1.